The van der Waals surface area contributed by atoms with E-state index in [2.05, 4.69) is 51.0 Å². The van der Waals surface area contributed by atoms with E-state index in [1.165, 1.54) is 5.69 Å². The van der Waals surface area contributed by atoms with Crippen molar-refractivity contribution in [3.8, 4) is 0 Å². The number of anilines is 2. The first-order valence-electron chi connectivity index (χ1n) is 9.69. The molecule has 1 aromatic carbocycles. The Kier molecular flexibility index (Phi) is 5.25. The molecule has 6 heteroatoms. The average molecular weight is 365 g/mol. The predicted molar refractivity (Wildman–Crippen MR) is 109 cm³/mol. The molecular formula is C21H27N5O. The van der Waals surface area contributed by atoms with Gasteiger partial charge >= 0.3 is 0 Å². The van der Waals surface area contributed by atoms with Crippen LogP contribution in [0.15, 0.2) is 48.7 Å². The van der Waals surface area contributed by atoms with E-state index in [4.69, 9.17) is 0 Å². The molecule has 2 saturated heterocycles. The first kappa shape index (κ1) is 17.8. The van der Waals surface area contributed by atoms with E-state index >= 15 is 0 Å². The summed E-state index contributed by atoms with van der Waals surface area (Å²) in [5.41, 5.74) is 2.88. The molecule has 4 rings (SSSR count). The predicted octanol–water partition coefficient (Wildman–Crippen LogP) is 1.80. The standard InChI is InChI=1S/C21H27N5O/c1-23-9-11-25(12-10-23)19-7-8-22-20(17-19)21(27)26-15-13-24(14-16-26)18-5-3-2-4-6-18/h2-8,17H,9-16H2,1H3. The number of para-hydroxylation sites is 1. The van der Waals surface area contributed by atoms with Crippen LogP contribution in [0.2, 0.25) is 0 Å². The van der Waals surface area contributed by atoms with Gasteiger partial charge in [-0.3, -0.25) is 9.78 Å². The minimum Gasteiger partial charge on any atom is -0.369 e. The summed E-state index contributed by atoms with van der Waals surface area (Å²) in [6, 6.07) is 14.4. The lowest BCUT2D eigenvalue weighted by molar-refractivity contribution is 0.0741. The number of likely N-dealkylation sites (N-methyl/N-ethyl adjacent to an activating group) is 1. The van der Waals surface area contributed by atoms with Crippen molar-refractivity contribution in [2.75, 3.05) is 69.2 Å². The Hall–Kier alpha value is -2.60. The second-order valence-corrected chi connectivity index (χ2v) is 7.30. The van der Waals surface area contributed by atoms with Crippen molar-refractivity contribution in [3.05, 3.63) is 54.4 Å². The van der Waals surface area contributed by atoms with E-state index in [1.807, 2.05) is 23.1 Å². The lowest BCUT2D eigenvalue weighted by atomic mass is 10.2. The lowest BCUT2D eigenvalue weighted by Gasteiger charge is -2.36. The molecular weight excluding hydrogens is 338 g/mol. The van der Waals surface area contributed by atoms with Crippen molar-refractivity contribution in [2.45, 2.75) is 0 Å². The van der Waals surface area contributed by atoms with Crippen LogP contribution in [-0.4, -0.2) is 80.1 Å². The zero-order chi connectivity index (χ0) is 18.6. The molecule has 0 bridgehead atoms. The van der Waals surface area contributed by atoms with E-state index in [9.17, 15) is 4.79 Å². The molecule has 6 nitrogen and oxygen atoms in total. The van der Waals surface area contributed by atoms with Gasteiger partial charge in [-0.1, -0.05) is 18.2 Å². The molecule has 0 N–H and O–H groups in total. The number of rotatable bonds is 3. The molecule has 0 atom stereocenters. The number of carbonyl (C=O) groups excluding carboxylic acids is 1. The molecule has 2 fully saturated rings. The van der Waals surface area contributed by atoms with Gasteiger partial charge in [0.2, 0.25) is 0 Å². The molecule has 0 aliphatic carbocycles. The van der Waals surface area contributed by atoms with Crippen LogP contribution in [0.5, 0.6) is 0 Å². The monoisotopic (exact) mass is 365 g/mol. The Labute approximate surface area is 161 Å². The van der Waals surface area contributed by atoms with Crippen LogP contribution in [-0.2, 0) is 0 Å². The van der Waals surface area contributed by atoms with Gasteiger partial charge in [-0.25, -0.2) is 0 Å². The quantitative estimate of drug-likeness (QED) is 0.830. The number of amides is 1. The number of hydrogen-bond acceptors (Lipinski definition) is 5. The maximum atomic E-state index is 12.9. The van der Waals surface area contributed by atoms with Gasteiger partial charge in [0, 0.05) is 69.9 Å². The third kappa shape index (κ3) is 4.06. The highest BCUT2D eigenvalue weighted by molar-refractivity contribution is 5.93. The molecule has 27 heavy (non-hydrogen) atoms. The molecule has 3 heterocycles. The maximum Gasteiger partial charge on any atom is 0.272 e. The Bertz CT molecular complexity index is 765. The van der Waals surface area contributed by atoms with Gasteiger partial charge in [0.05, 0.1) is 0 Å². The fraction of sp³-hybridized carbons (Fsp3) is 0.429. The van der Waals surface area contributed by atoms with Crippen LogP contribution in [0, 0.1) is 0 Å². The molecule has 142 valence electrons. The number of carbonyl (C=O) groups is 1. The van der Waals surface area contributed by atoms with Gasteiger partial charge in [-0.05, 0) is 31.3 Å². The van der Waals surface area contributed by atoms with E-state index in [1.54, 1.807) is 6.20 Å². The zero-order valence-electron chi connectivity index (χ0n) is 15.9. The fourth-order valence-corrected chi connectivity index (χ4v) is 3.77. The summed E-state index contributed by atoms with van der Waals surface area (Å²) < 4.78 is 0. The molecule has 1 aromatic heterocycles. The summed E-state index contributed by atoms with van der Waals surface area (Å²) in [6.07, 6.45) is 1.76. The van der Waals surface area contributed by atoms with E-state index in [-0.39, 0.29) is 5.91 Å². The van der Waals surface area contributed by atoms with Crippen molar-refractivity contribution in [1.29, 1.82) is 0 Å². The Morgan fingerprint density at radius 3 is 2.15 bits per heavy atom. The first-order valence-corrected chi connectivity index (χ1v) is 9.69. The van der Waals surface area contributed by atoms with E-state index < -0.39 is 0 Å². The van der Waals surface area contributed by atoms with Crippen LogP contribution in [0.25, 0.3) is 0 Å². The van der Waals surface area contributed by atoms with Gasteiger partial charge < -0.3 is 19.6 Å². The van der Waals surface area contributed by atoms with Crippen molar-refractivity contribution >= 4 is 17.3 Å². The SMILES string of the molecule is CN1CCN(c2ccnc(C(=O)N3CCN(c4ccccc4)CC3)c2)CC1. The number of benzene rings is 1. The highest BCUT2D eigenvalue weighted by atomic mass is 16.2. The van der Waals surface area contributed by atoms with E-state index in [0.29, 0.717) is 5.69 Å². The zero-order valence-corrected chi connectivity index (χ0v) is 15.9. The average Bonchev–Trinajstić information content (AvgIpc) is 2.75. The molecule has 2 aliphatic heterocycles. The first-order chi connectivity index (χ1) is 13.2. The normalized spacial score (nSPS) is 18.6. The van der Waals surface area contributed by atoms with Gasteiger partial charge in [-0.15, -0.1) is 0 Å². The van der Waals surface area contributed by atoms with Crippen molar-refractivity contribution in [3.63, 3.8) is 0 Å². The molecule has 2 aromatic rings. The van der Waals surface area contributed by atoms with Crippen molar-refractivity contribution < 1.29 is 4.79 Å². The van der Waals surface area contributed by atoms with Crippen LogP contribution >= 0.6 is 0 Å². The molecule has 2 aliphatic rings. The summed E-state index contributed by atoms with van der Waals surface area (Å²) in [5.74, 6) is 0.0405. The number of pyridine rings is 1. The largest absolute Gasteiger partial charge is 0.369 e. The summed E-state index contributed by atoms with van der Waals surface area (Å²) in [5, 5.41) is 0. The maximum absolute atomic E-state index is 12.9. The topological polar surface area (TPSA) is 42.9 Å². The van der Waals surface area contributed by atoms with Gasteiger partial charge in [-0.2, -0.15) is 0 Å². The van der Waals surface area contributed by atoms with Gasteiger partial charge in [0.25, 0.3) is 5.91 Å². The highest BCUT2D eigenvalue weighted by Gasteiger charge is 2.24. The minimum absolute atomic E-state index is 0.0405. The smallest absolute Gasteiger partial charge is 0.272 e. The van der Waals surface area contributed by atoms with E-state index in [0.717, 1.165) is 58.0 Å². The molecule has 0 radical (unpaired) electrons. The summed E-state index contributed by atoms with van der Waals surface area (Å²) >= 11 is 0. The van der Waals surface area contributed by atoms with Crippen molar-refractivity contribution in [1.82, 2.24) is 14.8 Å². The highest BCUT2D eigenvalue weighted by Crippen LogP contribution is 2.19. The number of aromatic nitrogens is 1. The molecule has 1 amide bonds. The van der Waals surface area contributed by atoms with Gasteiger partial charge in [0.15, 0.2) is 0 Å². The summed E-state index contributed by atoms with van der Waals surface area (Å²) in [4.78, 5) is 26.2. The molecule has 0 saturated carbocycles. The third-order valence-electron chi connectivity index (χ3n) is 5.52. The summed E-state index contributed by atoms with van der Waals surface area (Å²) in [6.45, 7) is 7.25. The molecule has 0 unspecified atom stereocenters. The van der Waals surface area contributed by atoms with Crippen LogP contribution in [0.1, 0.15) is 10.5 Å². The number of hydrogen-bond donors (Lipinski definition) is 0. The second kappa shape index (κ2) is 7.96. The van der Waals surface area contributed by atoms with Crippen LogP contribution in [0.4, 0.5) is 11.4 Å². The Morgan fingerprint density at radius 1 is 0.815 bits per heavy atom. The second-order valence-electron chi connectivity index (χ2n) is 7.30. The number of piperazine rings is 2. The van der Waals surface area contributed by atoms with Crippen molar-refractivity contribution in [2.24, 2.45) is 0 Å². The van der Waals surface area contributed by atoms with Crippen LogP contribution in [0.3, 0.4) is 0 Å². The third-order valence-corrected chi connectivity index (χ3v) is 5.52. The lowest BCUT2D eigenvalue weighted by Crippen LogP contribution is -2.49. The molecule has 0 spiro atoms. The minimum atomic E-state index is 0.0405. The Morgan fingerprint density at radius 2 is 1.44 bits per heavy atom. The fourth-order valence-electron chi connectivity index (χ4n) is 3.77. The summed E-state index contributed by atoms with van der Waals surface area (Å²) in [7, 11) is 2.15. The number of nitrogens with zero attached hydrogens (tertiary/aromatic N) is 5. The van der Waals surface area contributed by atoms with Gasteiger partial charge in [0.1, 0.15) is 5.69 Å². The van der Waals surface area contributed by atoms with Crippen LogP contribution < -0.4 is 9.80 Å². The Balaban J connectivity index is 1.39.